The fraction of sp³-hybridized carbons (Fsp3) is 0.478. The highest BCUT2D eigenvalue weighted by atomic mass is 16.1. The van der Waals surface area contributed by atoms with Crippen LogP contribution in [-0.4, -0.2) is 30.5 Å². The molecule has 0 aliphatic carbocycles. The van der Waals surface area contributed by atoms with Crippen LogP contribution in [0.15, 0.2) is 30.5 Å². The fourth-order valence-corrected chi connectivity index (χ4v) is 3.35. The quantitative estimate of drug-likeness (QED) is 0.663. The Labute approximate surface area is 178 Å². The molecule has 0 aliphatic heterocycles. The first-order valence-corrected chi connectivity index (χ1v) is 10.4. The summed E-state index contributed by atoms with van der Waals surface area (Å²) in [7, 11) is 0. The number of nitrogens with zero attached hydrogens (tertiary/aromatic N) is 5. The van der Waals surface area contributed by atoms with E-state index in [0.717, 1.165) is 29.2 Å². The van der Waals surface area contributed by atoms with E-state index in [2.05, 4.69) is 50.0 Å². The number of rotatable bonds is 6. The van der Waals surface area contributed by atoms with Crippen LogP contribution in [0.3, 0.4) is 0 Å². The molecule has 0 aromatic carbocycles. The predicted molar refractivity (Wildman–Crippen MR) is 119 cm³/mol. The van der Waals surface area contributed by atoms with E-state index < -0.39 is 0 Å². The van der Waals surface area contributed by atoms with Gasteiger partial charge in [-0.25, -0.2) is 4.98 Å². The molecule has 7 heteroatoms. The SMILES string of the molecule is Cc1nn(CC(C)C)c(C)c1CC(=O)Nc1cc(C(C)(C)C)nn1-c1ccccn1. The summed E-state index contributed by atoms with van der Waals surface area (Å²) in [6, 6.07) is 7.56. The minimum absolute atomic E-state index is 0.0946. The number of anilines is 1. The molecule has 0 saturated carbocycles. The molecule has 0 atom stereocenters. The molecule has 0 fully saturated rings. The van der Waals surface area contributed by atoms with E-state index in [1.165, 1.54) is 0 Å². The van der Waals surface area contributed by atoms with Gasteiger partial charge in [0.1, 0.15) is 5.82 Å². The van der Waals surface area contributed by atoms with Gasteiger partial charge in [0.25, 0.3) is 0 Å². The minimum Gasteiger partial charge on any atom is -0.310 e. The summed E-state index contributed by atoms with van der Waals surface area (Å²) in [6.07, 6.45) is 1.99. The summed E-state index contributed by atoms with van der Waals surface area (Å²) < 4.78 is 3.69. The van der Waals surface area contributed by atoms with Gasteiger partial charge in [0.2, 0.25) is 5.91 Å². The van der Waals surface area contributed by atoms with Gasteiger partial charge in [-0.2, -0.15) is 14.9 Å². The third kappa shape index (κ3) is 4.78. The van der Waals surface area contributed by atoms with Crippen molar-refractivity contribution < 1.29 is 4.79 Å². The molecule has 0 spiro atoms. The van der Waals surface area contributed by atoms with Gasteiger partial charge in [-0.05, 0) is 31.9 Å². The van der Waals surface area contributed by atoms with E-state index in [1.54, 1.807) is 10.9 Å². The molecule has 0 bridgehead atoms. The normalized spacial score (nSPS) is 11.9. The monoisotopic (exact) mass is 408 g/mol. The van der Waals surface area contributed by atoms with E-state index in [9.17, 15) is 4.79 Å². The van der Waals surface area contributed by atoms with Crippen LogP contribution in [-0.2, 0) is 23.2 Å². The maximum Gasteiger partial charge on any atom is 0.230 e. The zero-order valence-corrected chi connectivity index (χ0v) is 19.0. The average Bonchev–Trinajstić information content (AvgIpc) is 3.19. The molecule has 1 N–H and O–H groups in total. The van der Waals surface area contributed by atoms with Crippen molar-refractivity contribution in [1.82, 2.24) is 24.5 Å². The number of aromatic nitrogens is 5. The first-order valence-electron chi connectivity index (χ1n) is 10.4. The minimum atomic E-state index is -0.148. The van der Waals surface area contributed by atoms with Gasteiger partial charge in [0, 0.05) is 35.5 Å². The number of nitrogens with one attached hydrogen (secondary N) is 1. The lowest BCUT2D eigenvalue weighted by molar-refractivity contribution is -0.115. The van der Waals surface area contributed by atoms with Crippen molar-refractivity contribution in [1.29, 1.82) is 0 Å². The molecule has 0 radical (unpaired) electrons. The third-order valence-corrected chi connectivity index (χ3v) is 5.02. The Morgan fingerprint density at radius 1 is 1.17 bits per heavy atom. The molecule has 3 aromatic rings. The number of carbonyl (C=O) groups is 1. The fourth-order valence-electron chi connectivity index (χ4n) is 3.35. The summed E-state index contributed by atoms with van der Waals surface area (Å²) in [5, 5.41) is 12.4. The molecule has 3 heterocycles. The molecule has 0 aliphatic rings. The van der Waals surface area contributed by atoms with E-state index in [4.69, 9.17) is 5.10 Å². The van der Waals surface area contributed by atoms with Crippen molar-refractivity contribution in [3.05, 3.63) is 53.1 Å². The Balaban J connectivity index is 1.87. The third-order valence-electron chi connectivity index (χ3n) is 5.02. The summed E-state index contributed by atoms with van der Waals surface area (Å²) in [5.41, 5.74) is 3.67. The zero-order chi connectivity index (χ0) is 22.1. The molecule has 1 amide bonds. The van der Waals surface area contributed by atoms with Gasteiger partial charge >= 0.3 is 0 Å². The van der Waals surface area contributed by atoms with Crippen molar-refractivity contribution >= 4 is 11.7 Å². The lowest BCUT2D eigenvalue weighted by Gasteiger charge is -2.13. The Hall–Kier alpha value is -2.96. The van der Waals surface area contributed by atoms with Crippen molar-refractivity contribution in [2.45, 2.75) is 66.8 Å². The Kier molecular flexibility index (Phi) is 6.10. The lowest BCUT2D eigenvalue weighted by Crippen LogP contribution is -2.18. The van der Waals surface area contributed by atoms with Gasteiger partial charge in [0.15, 0.2) is 5.82 Å². The molecule has 7 nitrogen and oxygen atoms in total. The van der Waals surface area contributed by atoms with Gasteiger partial charge in [0.05, 0.1) is 17.8 Å². The molecule has 160 valence electrons. The second-order valence-electron chi connectivity index (χ2n) is 9.21. The number of hydrogen-bond donors (Lipinski definition) is 1. The summed E-state index contributed by atoms with van der Waals surface area (Å²) in [4.78, 5) is 17.3. The van der Waals surface area contributed by atoms with Crippen LogP contribution in [0, 0.1) is 19.8 Å². The van der Waals surface area contributed by atoms with Gasteiger partial charge in [-0.15, -0.1) is 0 Å². The van der Waals surface area contributed by atoms with E-state index in [0.29, 0.717) is 17.6 Å². The summed E-state index contributed by atoms with van der Waals surface area (Å²) in [5.74, 6) is 1.69. The van der Waals surface area contributed by atoms with Crippen LogP contribution in [0.5, 0.6) is 0 Å². The lowest BCUT2D eigenvalue weighted by atomic mass is 9.92. The predicted octanol–water partition coefficient (Wildman–Crippen LogP) is 4.22. The maximum absolute atomic E-state index is 13.0. The number of amides is 1. The van der Waals surface area contributed by atoms with Crippen LogP contribution < -0.4 is 5.32 Å². The molecule has 0 unspecified atom stereocenters. The molecular weight excluding hydrogens is 376 g/mol. The topological polar surface area (TPSA) is 77.6 Å². The number of hydrogen-bond acceptors (Lipinski definition) is 4. The van der Waals surface area contributed by atoms with Crippen molar-refractivity contribution in [3.8, 4) is 5.82 Å². The second-order valence-corrected chi connectivity index (χ2v) is 9.21. The molecule has 3 aromatic heterocycles. The number of pyridine rings is 1. The highest BCUT2D eigenvalue weighted by molar-refractivity contribution is 5.92. The standard InChI is InChI=1S/C23H32N6O/c1-15(2)14-28-17(4)18(16(3)26-28)12-22(30)25-21-13-19(23(5,6)7)27-29(21)20-10-8-9-11-24-20/h8-11,13,15H,12,14H2,1-7H3,(H,25,30). The summed E-state index contributed by atoms with van der Waals surface area (Å²) >= 11 is 0. The van der Waals surface area contributed by atoms with E-state index in [1.807, 2.05) is 42.8 Å². The van der Waals surface area contributed by atoms with Crippen LogP contribution in [0.1, 0.15) is 57.3 Å². The Morgan fingerprint density at radius 2 is 1.90 bits per heavy atom. The van der Waals surface area contributed by atoms with Crippen LogP contribution >= 0.6 is 0 Å². The number of aryl methyl sites for hydroxylation is 1. The van der Waals surface area contributed by atoms with Gasteiger partial charge < -0.3 is 5.32 Å². The highest BCUT2D eigenvalue weighted by Gasteiger charge is 2.23. The highest BCUT2D eigenvalue weighted by Crippen LogP contribution is 2.26. The van der Waals surface area contributed by atoms with Crippen molar-refractivity contribution in [2.24, 2.45) is 5.92 Å². The molecule has 3 rings (SSSR count). The van der Waals surface area contributed by atoms with E-state index in [-0.39, 0.29) is 17.7 Å². The Morgan fingerprint density at radius 3 is 2.50 bits per heavy atom. The van der Waals surface area contributed by atoms with Gasteiger partial charge in [-0.1, -0.05) is 40.7 Å². The maximum atomic E-state index is 13.0. The first-order chi connectivity index (χ1) is 14.1. The number of carbonyl (C=O) groups excluding carboxylic acids is 1. The van der Waals surface area contributed by atoms with E-state index >= 15 is 0 Å². The first kappa shape index (κ1) is 21.7. The van der Waals surface area contributed by atoms with Crippen LogP contribution in [0.25, 0.3) is 5.82 Å². The van der Waals surface area contributed by atoms with Crippen molar-refractivity contribution in [2.75, 3.05) is 5.32 Å². The second kappa shape index (κ2) is 8.42. The largest absolute Gasteiger partial charge is 0.310 e. The average molecular weight is 409 g/mol. The zero-order valence-electron chi connectivity index (χ0n) is 19.0. The van der Waals surface area contributed by atoms with Crippen molar-refractivity contribution in [3.63, 3.8) is 0 Å². The van der Waals surface area contributed by atoms with Crippen LogP contribution in [0.4, 0.5) is 5.82 Å². The molecule has 0 saturated heterocycles. The molecular formula is C23H32N6O. The smallest absolute Gasteiger partial charge is 0.230 e. The van der Waals surface area contributed by atoms with Gasteiger partial charge in [-0.3, -0.25) is 9.48 Å². The summed E-state index contributed by atoms with van der Waals surface area (Å²) in [6.45, 7) is 15.4. The Bertz CT molecular complexity index is 1020. The van der Waals surface area contributed by atoms with Crippen LogP contribution in [0.2, 0.25) is 0 Å². The molecule has 30 heavy (non-hydrogen) atoms.